The van der Waals surface area contributed by atoms with Gasteiger partial charge in [0.25, 0.3) is 5.91 Å². The molecule has 2 aromatic heterocycles. The van der Waals surface area contributed by atoms with Crippen molar-refractivity contribution in [1.82, 2.24) is 24.9 Å². The van der Waals surface area contributed by atoms with E-state index in [0.717, 1.165) is 0 Å². The largest absolute Gasteiger partial charge is 0.454 e. The van der Waals surface area contributed by atoms with Crippen LogP contribution in [0.25, 0.3) is 0 Å². The lowest BCUT2D eigenvalue weighted by molar-refractivity contribution is 0.0748. The van der Waals surface area contributed by atoms with Crippen molar-refractivity contribution in [2.75, 3.05) is 27.2 Å². The Morgan fingerprint density at radius 2 is 2.11 bits per heavy atom. The number of aromatic nitrogens is 2. The molecule has 8 heteroatoms. The van der Waals surface area contributed by atoms with Gasteiger partial charge in [0.05, 0.1) is 12.6 Å². The molecule has 0 spiro atoms. The van der Waals surface area contributed by atoms with Gasteiger partial charge in [-0.15, -0.1) is 0 Å². The lowest BCUT2D eigenvalue weighted by Crippen LogP contribution is -2.46. The fourth-order valence-electron chi connectivity index (χ4n) is 3.40. The van der Waals surface area contributed by atoms with E-state index in [-0.39, 0.29) is 23.9 Å². The summed E-state index contributed by atoms with van der Waals surface area (Å²) in [5.41, 5.74) is 0. The molecule has 27 heavy (non-hydrogen) atoms. The molecule has 0 unspecified atom stereocenters. The third-order valence-electron chi connectivity index (χ3n) is 4.97. The summed E-state index contributed by atoms with van der Waals surface area (Å²) in [6.45, 7) is 5.79. The molecule has 1 aliphatic rings. The molecule has 3 rings (SSSR count). The van der Waals surface area contributed by atoms with Crippen molar-refractivity contribution in [3.63, 3.8) is 0 Å². The molecule has 3 amide bonds. The van der Waals surface area contributed by atoms with Crippen LogP contribution >= 0.6 is 0 Å². The minimum atomic E-state index is -0.144. The number of carbonyl (C=O) groups is 2. The molecule has 1 fully saturated rings. The molecule has 2 atom stereocenters. The van der Waals surface area contributed by atoms with Crippen LogP contribution < -0.4 is 5.32 Å². The van der Waals surface area contributed by atoms with E-state index in [1.807, 2.05) is 12.3 Å². The second kappa shape index (κ2) is 7.85. The third-order valence-corrected chi connectivity index (χ3v) is 4.97. The van der Waals surface area contributed by atoms with Crippen LogP contribution in [0.2, 0.25) is 0 Å². The van der Waals surface area contributed by atoms with Gasteiger partial charge in [-0.05, 0) is 24.1 Å². The van der Waals surface area contributed by atoms with Gasteiger partial charge in [-0.2, -0.15) is 5.10 Å². The zero-order valence-corrected chi connectivity index (χ0v) is 16.3. The summed E-state index contributed by atoms with van der Waals surface area (Å²) in [6.07, 6.45) is 3.54. The molecular weight excluding hydrogens is 346 g/mol. The maximum absolute atomic E-state index is 12.9. The summed E-state index contributed by atoms with van der Waals surface area (Å²) in [5, 5.41) is 7.17. The van der Waals surface area contributed by atoms with Crippen LogP contribution in [0.15, 0.2) is 35.0 Å². The highest BCUT2D eigenvalue weighted by Gasteiger charge is 2.38. The first-order valence-corrected chi connectivity index (χ1v) is 9.18. The molecular formula is C19H27N5O3. The number of nitrogens with zero attached hydrogens (tertiary/aromatic N) is 4. The Labute approximate surface area is 159 Å². The van der Waals surface area contributed by atoms with Gasteiger partial charge in [-0.3, -0.25) is 9.48 Å². The summed E-state index contributed by atoms with van der Waals surface area (Å²) >= 11 is 0. The highest BCUT2D eigenvalue weighted by Crippen LogP contribution is 2.26. The summed E-state index contributed by atoms with van der Waals surface area (Å²) in [7, 11) is 3.42. The first kappa shape index (κ1) is 19.0. The van der Waals surface area contributed by atoms with E-state index in [9.17, 15) is 9.59 Å². The maximum atomic E-state index is 12.9. The van der Waals surface area contributed by atoms with Gasteiger partial charge >= 0.3 is 6.03 Å². The number of likely N-dealkylation sites (tertiary alicyclic amines) is 1. The highest BCUT2D eigenvalue weighted by molar-refractivity contribution is 5.92. The molecule has 146 valence electrons. The fraction of sp³-hybridized carbons (Fsp3) is 0.526. The predicted molar refractivity (Wildman–Crippen MR) is 100 cm³/mol. The molecule has 1 N–H and O–H groups in total. The second-order valence-electron chi connectivity index (χ2n) is 7.54. The second-order valence-corrected chi connectivity index (χ2v) is 7.54. The lowest BCUT2D eigenvalue weighted by atomic mass is 9.91. The fourth-order valence-corrected chi connectivity index (χ4v) is 3.40. The topological polar surface area (TPSA) is 83.6 Å². The summed E-state index contributed by atoms with van der Waals surface area (Å²) < 4.78 is 7.47. The van der Waals surface area contributed by atoms with E-state index in [4.69, 9.17) is 4.42 Å². The highest BCUT2D eigenvalue weighted by atomic mass is 16.4. The molecule has 0 aromatic carbocycles. The van der Waals surface area contributed by atoms with Crippen LogP contribution in [-0.4, -0.2) is 64.7 Å². The maximum Gasteiger partial charge on any atom is 0.317 e. The Bertz CT molecular complexity index is 781. The minimum Gasteiger partial charge on any atom is -0.454 e. The average molecular weight is 373 g/mol. The third kappa shape index (κ3) is 4.32. The number of furan rings is 1. The molecule has 8 nitrogen and oxygen atoms in total. The van der Waals surface area contributed by atoms with Crippen molar-refractivity contribution in [3.8, 4) is 0 Å². The van der Waals surface area contributed by atoms with E-state index in [1.54, 1.807) is 42.0 Å². The van der Waals surface area contributed by atoms with Crippen molar-refractivity contribution >= 4 is 11.9 Å². The SMILES string of the molecule is CC(C)[C@@H]1CN(C(=O)c2ccc(Cn3cccn3)o2)C[C@H]1NC(=O)N(C)C. The van der Waals surface area contributed by atoms with E-state index in [0.29, 0.717) is 37.1 Å². The number of rotatable bonds is 5. The van der Waals surface area contributed by atoms with Gasteiger partial charge < -0.3 is 19.5 Å². The smallest absolute Gasteiger partial charge is 0.317 e. The van der Waals surface area contributed by atoms with Gasteiger partial charge in [0.1, 0.15) is 5.76 Å². The molecule has 1 saturated heterocycles. The number of hydrogen-bond donors (Lipinski definition) is 1. The van der Waals surface area contributed by atoms with Gasteiger partial charge in [0.15, 0.2) is 5.76 Å². The normalized spacial score (nSPS) is 19.5. The van der Waals surface area contributed by atoms with E-state index in [1.165, 1.54) is 4.90 Å². The first-order chi connectivity index (χ1) is 12.8. The Morgan fingerprint density at radius 3 is 2.74 bits per heavy atom. The monoisotopic (exact) mass is 373 g/mol. The molecule has 0 saturated carbocycles. The molecule has 2 aromatic rings. The van der Waals surface area contributed by atoms with E-state index >= 15 is 0 Å². The molecule has 0 radical (unpaired) electrons. The molecule has 1 aliphatic heterocycles. The van der Waals surface area contributed by atoms with Crippen LogP contribution in [0.5, 0.6) is 0 Å². The Kier molecular flexibility index (Phi) is 5.53. The molecule has 0 bridgehead atoms. The van der Waals surface area contributed by atoms with Crippen molar-refractivity contribution in [2.24, 2.45) is 11.8 Å². The van der Waals surface area contributed by atoms with Gasteiger partial charge in [0, 0.05) is 45.5 Å². The molecule has 3 heterocycles. The van der Waals surface area contributed by atoms with Crippen molar-refractivity contribution in [3.05, 3.63) is 42.1 Å². The molecule has 0 aliphatic carbocycles. The lowest BCUT2D eigenvalue weighted by Gasteiger charge is -2.24. The van der Waals surface area contributed by atoms with E-state index < -0.39 is 0 Å². The van der Waals surface area contributed by atoms with Crippen LogP contribution in [0.4, 0.5) is 4.79 Å². The zero-order chi connectivity index (χ0) is 19.6. The van der Waals surface area contributed by atoms with Crippen molar-refractivity contribution < 1.29 is 14.0 Å². The van der Waals surface area contributed by atoms with Crippen LogP contribution in [-0.2, 0) is 6.54 Å². The summed E-state index contributed by atoms with van der Waals surface area (Å²) in [4.78, 5) is 28.2. The van der Waals surface area contributed by atoms with Crippen molar-refractivity contribution in [2.45, 2.75) is 26.4 Å². The minimum absolute atomic E-state index is 0.0673. The van der Waals surface area contributed by atoms with Gasteiger partial charge in [-0.25, -0.2) is 4.79 Å². The van der Waals surface area contributed by atoms with Crippen LogP contribution in [0.3, 0.4) is 0 Å². The number of carbonyl (C=O) groups excluding carboxylic acids is 2. The number of amides is 3. The van der Waals surface area contributed by atoms with Crippen molar-refractivity contribution in [1.29, 1.82) is 0 Å². The Balaban J connectivity index is 1.67. The first-order valence-electron chi connectivity index (χ1n) is 9.18. The summed E-state index contributed by atoms with van der Waals surface area (Å²) in [6, 6.07) is 5.14. The van der Waals surface area contributed by atoms with Gasteiger partial charge in [0.2, 0.25) is 0 Å². The van der Waals surface area contributed by atoms with Crippen LogP contribution in [0, 0.1) is 11.8 Å². The van der Waals surface area contributed by atoms with Crippen LogP contribution in [0.1, 0.15) is 30.2 Å². The quantitative estimate of drug-likeness (QED) is 0.868. The standard InChI is InChI=1S/C19H27N5O3/c1-13(2)15-11-23(12-16(15)21-19(26)22(3)4)18(25)17-7-6-14(27-17)10-24-9-5-8-20-24/h5-9,13,15-16H,10-12H2,1-4H3,(H,21,26)/t15-,16+/m0/s1. The van der Waals surface area contributed by atoms with Gasteiger partial charge in [-0.1, -0.05) is 13.8 Å². The predicted octanol–water partition coefficient (Wildman–Crippen LogP) is 1.89. The Morgan fingerprint density at radius 1 is 1.33 bits per heavy atom. The average Bonchev–Trinajstić information content (AvgIpc) is 3.35. The number of hydrogen-bond acceptors (Lipinski definition) is 4. The number of urea groups is 1. The van der Waals surface area contributed by atoms with E-state index in [2.05, 4.69) is 24.3 Å². The summed E-state index contributed by atoms with van der Waals surface area (Å²) in [5.74, 6) is 1.41. The zero-order valence-electron chi connectivity index (χ0n) is 16.3. The number of nitrogens with one attached hydrogen (secondary N) is 1. The Hall–Kier alpha value is -2.77.